The van der Waals surface area contributed by atoms with Crippen molar-refractivity contribution in [2.75, 3.05) is 38.3 Å². The number of aromatic nitrogens is 5. The predicted octanol–water partition coefficient (Wildman–Crippen LogP) is 2.93. The Bertz CT molecular complexity index is 1140. The molecule has 0 amide bonds. The van der Waals surface area contributed by atoms with Crippen LogP contribution in [0.1, 0.15) is 0 Å². The highest BCUT2D eigenvalue weighted by Crippen LogP contribution is 2.37. The Balaban J connectivity index is 1.80. The third kappa shape index (κ3) is 3.17. The van der Waals surface area contributed by atoms with Crippen LogP contribution in [0, 0.1) is 0 Å². The minimum absolute atomic E-state index is 0.577. The van der Waals surface area contributed by atoms with Gasteiger partial charge in [0.1, 0.15) is 17.0 Å². The molecule has 0 bridgehead atoms. The summed E-state index contributed by atoms with van der Waals surface area (Å²) in [5.41, 5.74) is 4.32. The van der Waals surface area contributed by atoms with Crippen molar-refractivity contribution in [2.24, 2.45) is 0 Å². The molecule has 1 fully saturated rings. The summed E-state index contributed by atoms with van der Waals surface area (Å²) in [7, 11) is 1.63. The maximum absolute atomic E-state index is 5.54. The van der Waals surface area contributed by atoms with Crippen molar-refractivity contribution in [1.29, 1.82) is 0 Å². The lowest BCUT2D eigenvalue weighted by atomic mass is 10.0. The van der Waals surface area contributed by atoms with E-state index in [9.17, 15) is 0 Å². The first-order chi connectivity index (χ1) is 14.3. The highest BCUT2D eigenvalue weighted by atomic mass is 16.5. The largest absolute Gasteiger partial charge is 0.481 e. The van der Waals surface area contributed by atoms with Crippen molar-refractivity contribution in [2.45, 2.75) is 0 Å². The molecule has 146 valence electrons. The number of ether oxygens (including phenoxy) is 2. The highest BCUT2D eigenvalue weighted by molar-refractivity contribution is 6.02. The number of nitrogens with one attached hydrogen (secondary N) is 1. The molecule has 1 N–H and O–H groups in total. The summed E-state index contributed by atoms with van der Waals surface area (Å²) < 4.78 is 11.1. The van der Waals surface area contributed by atoms with Crippen LogP contribution in [0.15, 0.2) is 48.9 Å². The second-order valence-electron chi connectivity index (χ2n) is 6.71. The van der Waals surface area contributed by atoms with E-state index in [1.54, 1.807) is 25.7 Å². The maximum atomic E-state index is 5.54. The summed E-state index contributed by atoms with van der Waals surface area (Å²) in [5.74, 6) is 1.46. The van der Waals surface area contributed by atoms with E-state index in [1.165, 1.54) is 0 Å². The van der Waals surface area contributed by atoms with Crippen molar-refractivity contribution in [3.8, 4) is 28.4 Å². The lowest BCUT2D eigenvalue weighted by molar-refractivity contribution is 0.122. The lowest BCUT2D eigenvalue weighted by Crippen LogP contribution is -2.36. The standard InChI is InChI=1S/C21H20N6O2/c1-28-21-15(3-2-6-23-21)16-13-18(27-9-11-29-12-10-27)25-19-14(16)4-7-22-20(19)17-5-8-24-26-17/h2-8,13H,9-12H2,1H3,(H,24,26). The zero-order valence-corrected chi connectivity index (χ0v) is 16.0. The van der Waals surface area contributed by atoms with Crippen molar-refractivity contribution in [1.82, 2.24) is 25.1 Å². The van der Waals surface area contributed by atoms with Gasteiger partial charge in [-0.15, -0.1) is 0 Å². The summed E-state index contributed by atoms with van der Waals surface area (Å²) in [5, 5.41) is 8.06. The Morgan fingerprint density at radius 3 is 2.72 bits per heavy atom. The minimum Gasteiger partial charge on any atom is -0.481 e. The average molecular weight is 388 g/mol. The maximum Gasteiger partial charge on any atom is 0.221 e. The topological polar surface area (TPSA) is 89.0 Å². The van der Waals surface area contributed by atoms with E-state index in [2.05, 4.69) is 31.1 Å². The van der Waals surface area contributed by atoms with E-state index in [0.717, 1.165) is 52.3 Å². The fourth-order valence-electron chi connectivity index (χ4n) is 3.66. The Morgan fingerprint density at radius 1 is 1.03 bits per heavy atom. The number of nitrogens with zero attached hydrogens (tertiary/aromatic N) is 5. The van der Waals surface area contributed by atoms with Crippen LogP contribution in [-0.2, 0) is 4.74 Å². The summed E-state index contributed by atoms with van der Waals surface area (Å²) >= 11 is 0. The molecule has 1 aliphatic heterocycles. The molecular formula is C21H20N6O2. The zero-order chi connectivity index (χ0) is 19.6. The average Bonchev–Trinajstić information content (AvgIpc) is 3.33. The van der Waals surface area contributed by atoms with Gasteiger partial charge in [0.25, 0.3) is 0 Å². The SMILES string of the molecule is COc1ncccc1-c1cc(N2CCOCC2)nc2c(-c3ccn[nH]3)nccc12. The summed E-state index contributed by atoms with van der Waals surface area (Å²) in [6.45, 7) is 2.96. The van der Waals surface area contributed by atoms with Gasteiger partial charge in [-0.2, -0.15) is 5.10 Å². The number of pyridine rings is 3. The lowest BCUT2D eigenvalue weighted by Gasteiger charge is -2.28. The summed E-state index contributed by atoms with van der Waals surface area (Å²) in [6, 6.07) is 9.90. The molecule has 0 atom stereocenters. The first-order valence-electron chi connectivity index (χ1n) is 9.47. The van der Waals surface area contributed by atoms with Gasteiger partial charge in [-0.1, -0.05) is 0 Å². The summed E-state index contributed by atoms with van der Waals surface area (Å²) in [6.07, 6.45) is 5.24. The molecule has 0 unspecified atom stereocenters. The molecule has 8 heteroatoms. The Labute approximate surface area is 167 Å². The number of hydrogen-bond acceptors (Lipinski definition) is 7. The molecule has 29 heavy (non-hydrogen) atoms. The van der Waals surface area contributed by atoms with E-state index in [-0.39, 0.29) is 0 Å². The Morgan fingerprint density at radius 2 is 1.93 bits per heavy atom. The van der Waals surface area contributed by atoms with Gasteiger partial charge in [-0.3, -0.25) is 10.1 Å². The molecule has 5 rings (SSSR count). The van der Waals surface area contributed by atoms with Crippen LogP contribution in [0.2, 0.25) is 0 Å². The summed E-state index contributed by atoms with van der Waals surface area (Å²) in [4.78, 5) is 16.2. The van der Waals surface area contributed by atoms with Gasteiger partial charge in [0.05, 0.1) is 26.0 Å². The third-order valence-electron chi connectivity index (χ3n) is 5.06. The van der Waals surface area contributed by atoms with Gasteiger partial charge in [0.15, 0.2) is 0 Å². The molecular weight excluding hydrogens is 368 g/mol. The van der Waals surface area contributed by atoms with Gasteiger partial charge in [-0.25, -0.2) is 9.97 Å². The van der Waals surface area contributed by atoms with Crippen LogP contribution < -0.4 is 9.64 Å². The Kier molecular flexibility index (Phi) is 4.53. The van der Waals surface area contributed by atoms with E-state index in [0.29, 0.717) is 19.1 Å². The number of methoxy groups -OCH3 is 1. The highest BCUT2D eigenvalue weighted by Gasteiger charge is 2.20. The van der Waals surface area contributed by atoms with Crippen LogP contribution in [0.3, 0.4) is 0 Å². The number of morpholine rings is 1. The quantitative estimate of drug-likeness (QED) is 0.575. The third-order valence-corrected chi connectivity index (χ3v) is 5.06. The Hall–Kier alpha value is -3.52. The van der Waals surface area contributed by atoms with Crippen LogP contribution >= 0.6 is 0 Å². The molecule has 0 saturated carbocycles. The van der Waals surface area contributed by atoms with Gasteiger partial charge < -0.3 is 14.4 Å². The predicted molar refractivity (Wildman–Crippen MR) is 110 cm³/mol. The fourth-order valence-corrected chi connectivity index (χ4v) is 3.66. The number of rotatable bonds is 4. The number of H-pyrrole nitrogens is 1. The van der Waals surface area contributed by atoms with Crippen LogP contribution in [0.25, 0.3) is 33.4 Å². The van der Waals surface area contributed by atoms with E-state index in [1.807, 2.05) is 24.3 Å². The van der Waals surface area contributed by atoms with Gasteiger partial charge in [0.2, 0.25) is 5.88 Å². The van der Waals surface area contributed by atoms with Crippen molar-refractivity contribution >= 4 is 16.7 Å². The fraction of sp³-hybridized carbons (Fsp3) is 0.238. The van der Waals surface area contributed by atoms with Crippen molar-refractivity contribution < 1.29 is 9.47 Å². The zero-order valence-electron chi connectivity index (χ0n) is 16.0. The van der Waals surface area contributed by atoms with Crippen LogP contribution in [0.4, 0.5) is 5.82 Å². The monoisotopic (exact) mass is 388 g/mol. The molecule has 0 radical (unpaired) electrons. The number of fused-ring (bicyclic) bond motifs is 1. The van der Waals surface area contributed by atoms with Crippen molar-refractivity contribution in [3.63, 3.8) is 0 Å². The van der Waals surface area contributed by atoms with E-state index < -0.39 is 0 Å². The molecule has 8 nitrogen and oxygen atoms in total. The van der Waals surface area contributed by atoms with Crippen molar-refractivity contribution in [3.05, 3.63) is 48.9 Å². The second-order valence-corrected chi connectivity index (χ2v) is 6.71. The number of anilines is 1. The molecule has 1 saturated heterocycles. The molecule has 0 aliphatic carbocycles. The second kappa shape index (κ2) is 7.48. The molecule has 5 heterocycles. The van der Waals surface area contributed by atoms with Crippen LogP contribution in [-0.4, -0.2) is 58.6 Å². The number of aromatic amines is 1. The van der Waals surface area contributed by atoms with E-state index >= 15 is 0 Å². The van der Waals surface area contributed by atoms with E-state index in [4.69, 9.17) is 14.5 Å². The van der Waals surface area contributed by atoms with Gasteiger partial charge in [0, 0.05) is 48.2 Å². The first kappa shape index (κ1) is 17.6. The molecule has 4 aromatic heterocycles. The number of hydrogen-bond donors (Lipinski definition) is 1. The molecule has 0 spiro atoms. The normalized spacial score (nSPS) is 14.3. The van der Waals surface area contributed by atoms with Crippen LogP contribution in [0.5, 0.6) is 5.88 Å². The molecule has 4 aromatic rings. The molecule has 0 aromatic carbocycles. The first-order valence-corrected chi connectivity index (χ1v) is 9.47. The van der Waals surface area contributed by atoms with Gasteiger partial charge in [-0.05, 0) is 30.3 Å². The van der Waals surface area contributed by atoms with Gasteiger partial charge >= 0.3 is 0 Å². The molecule has 1 aliphatic rings. The minimum atomic E-state index is 0.577. The smallest absolute Gasteiger partial charge is 0.221 e.